The Morgan fingerprint density at radius 2 is 2.40 bits per heavy atom. The van der Waals surface area contributed by atoms with Crippen LogP contribution >= 0.6 is 0 Å². The maximum Gasteiger partial charge on any atom is 0.0762 e. The first kappa shape index (κ1) is 10.7. The largest absolute Gasteiger partial charge is 0.308 e. The van der Waals surface area contributed by atoms with Gasteiger partial charge in [-0.2, -0.15) is 5.10 Å². The minimum atomic E-state index is 0.532. The van der Waals surface area contributed by atoms with Crippen molar-refractivity contribution in [3.05, 3.63) is 18.0 Å². The third-order valence-corrected chi connectivity index (χ3v) is 2.97. The molecule has 0 aromatic carbocycles. The highest BCUT2D eigenvalue weighted by atomic mass is 15.3. The molecule has 0 radical (unpaired) electrons. The van der Waals surface area contributed by atoms with Crippen LogP contribution in [0.2, 0.25) is 0 Å². The second kappa shape index (κ2) is 4.79. The van der Waals surface area contributed by atoms with E-state index in [-0.39, 0.29) is 0 Å². The van der Waals surface area contributed by atoms with Crippen molar-refractivity contribution in [2.45, 2.75) is 58.2 Å². The minimum Gasteiger partial charge on any atom is -0.308 e. The average Bonchev–Trinajstić information content (AvgIpc) is 2.93. The van der Waals surface area contributed by atoms with Crippen LogP contribution in [0.1, 0.15) is 51.3 Å². The smallest absolute Gasteiger partial charge is 0.0762 e. The number of nitrogens with zero attached hydrogens (tertiary/aromatic N) is 2. The topological polar surface area (TPSA) is 29.9 Å². The zero-order chi connectivity index (χ0) is 10.7. The van der Waals surface area contributed by atoms with Gasteiger partial charge in [0.15, 0.2) is 0 Å². The second-order valence-electron chi connectivity index (χ2n) is 4.58. The maximum atomic E-state index is 4.58. The SMILES string of the molecule is CCCC(C)n1ccc(CNC2CC2)n1. The molecule has 1 unspecified atom stereocenters. The van der Waals surface area contributed by atoms with E-state index in [0.29, 0.717) is 6.04 Å². The molecule has 1 fully saturated rings. The van der Waals surface area contributed by atoms with E-state index in [2.05, 4.69) is 41.2 Å². The van der Waals surface area contributed by atoms with Crippen LogP contribution in [0, 0.1) is 0 Å². The van der Waals surface area contributed by atoms with Crippen molar-refractivity contribution in [1.82, 2.24) is 15.1 Å². The summed E-state index contributed by atoms with van der Waals surface area (Å²) in [5.41, 5.74) is 1.17. The maximum absolute atomic E-state index is 4.58. The number of aromatic nitrogens is 2. The summed E-state index contributed by atoms with van der Waals surface area (Å²) in [5, 5.41) is 8.06. The molecule has 0 amide bonds. The van der Waals surface area contributed by atoms with Gasteiger partial charge in [-0.3, -0.25) is 4.68 Å². The molecule has 0 aliphatic heterocycles. The number of nitrogens with one attached hydrogen (secondary N) is 1. The first-order chi connectivity index (χ1) is 7.29. The molecule has 1 N–H and O–H groups in total. The van der Waals surface area contributed by atoms with Crippen molar-refractivity contribution in [2.75, 3.05) is 0 Å². The Labute approximate surface area is 91.9 Å². The molecule has 1 heterocycles. The molecule has 0 spiro atoms. The highest BCUT2D eigenvalue weighted by Gasteiger charge is 2.20. The van der Waals surface area contributed by atoms with E-state index in [9.17, 15) is 0 Å². The molecule has 1 atom stereocenters. The van der Waals surface area contributed by atoms with Gasteiger partial charge in [0.05, 0.1) is 5.69 Å². The van der Waals surface area contributed by atoms with E-state index < -0.39 is 0 Å². The summed E-state index contributed by atoms with van der Waals surface area (Å²) in [4.78, 5) is 0. The Balaban J connectivity index is 1.84. The van der Waals surface area contributed by atoms with Gasteiger partial charge in [-0.15, -0.1) is 0 Å². The molecule has 84 valence electrons. The van der Waals surface area contributed by atoms with E-state index in [1.54, 1.807) is 0 Å². The van der Waals surface area contributed by atoms with Crippen LogP contribution in [-0.2, 0) is 6.54 Å². The van der Waals surface area contributed by atoms with E-state index in [0.717, 1.165) is 12.6 Å². The Morgan fingerprint density at radius 3 is 3.07 bits per heavy atom. The van der Waals surface area contributed by atoms with Crippen LogP contribution in [0.25, 0.3) is 0 Å². The highest BCUT2D eigenvalue weighted by Crippen LogP contribution is 2.19. The standard InChI is InChI=1S/C12H21N3/c1-3-4-10(2)15-8-7-12(14-15)9-13-11-5-6-11/h7-8,10-11,13H,3-6,9H2,1-2H3. The number of rotatable bonds is 6. The predicted molar refractivity (Wildman–Crippen MR) is 61.7 cm³/mol. The molecule has 1 aliphatic carbocycles. The summed E-state index contributed by atoms with van der Waals surface area (Å²) in [6.07, 6.45) is 7.21. The summed E-state index contributed by atoms with van der Waals surface area (Å²) < 4.78 is 2.09. The Morgan fingerprint density at radius 1 is 1.60 bits per heavy atom. The van der Waals surface area contributed by atoms with Gasteiger partial charge in [-0.05, 0) is 32.3 Å². The van der Waals surface area contributed by atoms with Crippen molar-refractivity contribution in [1.29, 1.82) is 0 Å². The van der Waals surface area contributed by atoms with Crippen molar-refractivity contribution < 1.29 is 0 Å². The van der Waals surface area contributed by atoms with E-state index in [1.165, 1.54) is 31.4 Å². The normalized spacial score (nSPS) is 18.0. The quantitative estimate of drug-likeness (QED) is 0.776. The molecule has 1 aromatic rings. The van der Waals surface area contributed by atoms with E-state index in [4.69, 9.17) is 0 Å². The van der Waals surface area contributed by atoms with Gasteiger partial charge >= 0.3 is 0 Å². The lowest BCUT2D eigenvalue weighted by molar-refractivity contribution is 0.449. The molecule has 0 bridgehead atoms. The Hall–Kier alpha value is -0.830. The Kier molecular flexibility index (Phi) is 3.41. The van der Waals surface area contributed by atoms with Crippen LogP contribution in [0.3, 0.4) is 0 Å². The van der Waals surface area contributed by atoms with Crippen molar-refractivity contribution in [2.24, 2.45) is 0 Å². The van der Waals surface area contributed by atoms with Gasteiger partial charge in [-0.1, -0.05) is 13.3 Å². The van der Waals surface area contributed by atoms with Crippen LogP contribution in [0.4, 0.5) is 0 Å². The summed E-state index contributed by atoms with van der Waals surface area (Å²) in [6.45, 7) is 5.38. The summed E-state index contributed by atoms with van der Waals surface area (Å²) >= 11 is 0. The van der Waals surface area contributed by atoms with Gasteiger partial charge in [-0.25, -0.2) is 0 Å². The summed E-state index contributed by atoms with van der Waals surface area (Å²) in [7, 11) is 0. The van der Waals surface area contributed by atoms with Gasteiger partial charge in [0.2, 0.25) is 0 Å². The van der Waals surface area contributed by atoms with Crippen molar-refractivity contribution in [3.63, 3.8) is 0 Å². The van der Waals surface area contributed by atoms with E-state index >= 15 is 0 Å². The molecular weight excluding hydrogens is 186 g/mol. The lowest BCUT2D eigenvalue weighted by Crippen LogP contribution is -2.16. The van der Waals surface area contributed by atoms with Crippen LogP contribution in [0.5, 0.6) is 0 Å². The Bertz CT molecular complexity index is 302. The third-order valence-electron chi connectivity index (χ3n) is 2.97. The lowest BCUT2D eigenvalue weighted by atomic mass is 10.2. The van der Waals surface area contributed by atoms with E-state index in [1.807, 2.05) is 0 Å². The highest BCUT2D eigenvalue weighted by molar-refractivity contribution is 5.00. The molecule has 3 nitrogen and oxygen atoms in total. The lowest BCUT2D eigenvalue weighted by Gasteiger charge is -2.10. The fraction of sp³-hybridized carbons (Fsp3) is 0.750. The zero-order valence-electron chi connectivity index (χ0n) is 9.74. The van der Waals surface area contributed by atoms with Gasteiger partial charge in [0, 0.05) is 24.8 Å². The second-order valence-corrected chi connectivity index (χ2v) is 4.58. The average molecular weight is 207 g/mol. The zero-order valence-corrected chi connectivity index (χ0v) is 9.74. The molecule has 1 saturated carbocycles. The van der Waals surface area contributed by atoms with Gasteiger partial charge in [0.1, 0.15) is 0 Å². The number of hydrogen-bond acceptors (Lipinski definition) is 2. The van der Waals surface area contributed by atoms with Crippen LogP contribution in [0.15, 0.2) is 12.3 Å². The van der Waals surface area contributed by atoms with Gasteiger partial charge < -0.3 is 5.32 Å². The minimum absolute atomic E-state index is 0.532. The summed E-state index contributed by atoms with van der Waals surface area (Å²) in [6, 6.07) is 3.43. The molecular formula is C12H21N3. The van der Waals surface area contributed by atoms with Crippen LogP contribution in [-0.4, -0.2) is 15.8 Å². The molecule has 1 aromatic heterocycles. The van der Waals surface area contributed by atoms with Crippen molar-refractivity contribution in [3.8, 4) is 0 Å². The first-order valence-electron chi connectivity index (χ1n) is 6.07. The molecule has 3 heteroatoms. The molecule has 2 rings (SSSR count). The monoisotopic (exact) mass is 207 g/mol. The first-order valence-corrected chi connectivity index (χ1v) is 6.07. The van der Waals surface area contributed by atoms with Gasteiger partial charge in [0.25, 0.3) is 0 Å². The summed E-state index contributed by atoms with van der Waals surface area (Å²) in [5.74, 6) is 0. The fourth-order valence-electron chi connectivity index (χ4n) is 1.80. The predicted octanol–water partition coefficient (Wildman–Crippen LogP) is 2.50. The fourth-order valence-corrected chi connectivity index (χ4v) is 1.80. The van der Waals surface area contributed by atoms with Crippen molar-refractivity contribution >= 4 is 0 Å². The molecule has 0 saturated heterocycles. The molecule has 1 aliphatic rings. The van der Waals surface area contributed by atoms with Crippen LogP contribution < -0.4 is 5.32 Å². The molecule has 15 heavy (non-hydrogen) atoms. The number of hydrogen-bond donors (Lipinski definition) is 1. The third kappa shape index (κ3) is 3.06.